The Morgan fingerprint density at radius 1 is 1.30 bits per heavy atom. The van der Waals surface area contributed by atoms with Gasteiger partial charge in [-0.15, -0.1) is 11.3 Å². The van der Waals surface area contributed by atoms with Crippen LogP contribution >= 0.6 is 11.3 Å². The molecule has 7 nitrogen and oxygen atoms in total. The van der Waals surface area contributed by atoms with Crippen LogP contribution in [-0.2, 0) is 17.1 Å². The first-order valence-corrected chi connectivity index (χ1v) is 11.4. The van der Waals surface area contributed by atoms with Gasteiger partial charge in [-0.3, -0.25) is 4.79 Å². The molecule has 1 saturated heterocycles. The molecule has 1 N–H and O–H groups in total. The summed E-state index contributed by atoms with van der Waals surface area (Å²) in [6, 6.07) is 3.46. The zero-order chi connectivity index (χ0) is 19.4. The summed E-state index contributed by atoms with van der Waals surface area (Å²) < 4.78 is 30.1. The summed E-state index contributed by atoms with van der Waals surface area (Å²) in [4.78, 5) is 19.8. The van der Waals surface area contributed by atoms with E-state index < -0.39 is 10.0 Å². The zero-order valence-electron chi connectivity index (χ0n) is 15.7. The lowest BCUT2D eigenvalue weighted by Crippen LogP contribution is -2.42. The molecule has 1 spiro atoms. The summed E-state index contributed by atoms with van der Waals surface area (Å²) in [5.74, 6) is 0.00851. The Kier molecular flexibility index (Phi) is 4.44. The van der Waals surface area contributed by atoms with E-state index in [4.69, 9.17) is 0 Å². The van der Waals surface area contributed by atoms with Crippen molar-refractivity contribution in [1.29, 1.82) is 0 Å². The molecule has 0 aromatic carbocycles. The largest absolute Gasteiger partial charge is 0.337 e. The van der Waals surface area contributed by atoms with Crippen LogP contribution in [0.15, 0.2) is 22.7 Å². The van der Waals surface area contributed by atoms with Gasteiger partial charge in [0.05, 0.1) is 12.0 Å². The monoisotopic (exact) mass is 408 g/mol. The molecule has 3 heterocycles. The highest BCUT2D eigenvalue weighted by molar-refractivity contribution is 7.91. The maximum Gasteiger partial charge on any atom is 0.272 e. The summed E-state index contributed by atoms with van der Waals surface area (Å²) in [7, 11) is -1.62. The first kappa shape index (κ1) is 18.6. The fraction of sp³-hybridized carbons (Fsp3) is 0.556. The third kappa shape index (κ3) is 3.32. The van der Waals surface area contributed by atoms with Crippen LogP contribution in [0.1, 0.15) is 40.3 Å². The SMILES string of the molecule is Cc1ccc(S(=O)(=O)NC2CC23CCN(C(=O)c2c(C)ncn2C)CC3)s1. The van der Waals surface area contributed by atoms with Crippen molar-refractivity contribution in [3.8, 4) is 0 Å². The van der Waals surface area contributed by atoms with E-state index in [-0.39, 0.29) is 17.4 Å². The third-order valence-corrected chi connectivity index (χ3v) is 8.80. The lowest BCUT2D eigenvalue weighted by atomic mass is 9.92. The molecule has 0 bridgehead atoms. The van der Waals surface area contributed by atoms with Crippen molar-refractivity contribution in [2.75, 3.05) is 13.1 Å². The van der Waals surface area contributed by atoms with Gasteiger partial charge in [-0.2, -0.15) is 0 Å². The van der Waals surface area contributed by atoms with Crippen LogP contribution in [-0.4, -0.2) is 47.9 Å². The van der Waals surface area contributed by atoms with Crippen LogP contribution < -0.4 is 4.72 Å². The maximum atomic E-state index is 12.8. The van der Waals surface area contributed by atoms with E-state index in [0.717, 1.165) is 29.8 Å². The van der Waals surface area contributed by atoms with Gasteiger partial charge in [0, 0.05) is 31.1 Å². The van der Waals surface area contributed by atoms with E-state index in [0.29, 0.717) is 23.0 Å². The predicted molar refractivity (Wildman–Crippen MR) is 103 cm³/mol. The van der Waals surface area contributed by atoms with Crippen LogP contribution in [0.3, 0.4) is 0 Å². The van der Waals surface area contributed by atoms with Crippen molar-refractivity contribution < 1.29 is 13.2 Å². The van der Waals surface area contributed by atoms with E-state index in [2.05, 4.69) is 9.71 Å². The normalized spacial score (nSPS) is 21.6. The Balaban J connectivity index is 1.38. The first-order valence-electron chi connectivity index (χ1n) is 9.08. The van der Waals surface area contributed by atoms with Crippen LogP contribution in [0.5, 0.6) is 0 Å². The van der Waals surface area contributed by atoms with Gasteiger partial charge >= 0.3 is 0 Å². The fourth-order valence-electron chi connectivity index (χ4n) is 4.03. The maximum absolute atomic E-state index is 12.8. The Labute approximate surface area is 163 Å². The second-order valence-electron chi connectivity index (χ2n) is 7.69. The molecule has 2 aliphatic rings. The molecule has 1 aliphatic carbocycles. The number of amides is 1. The summed E-state index contributed by atoms with van der Waals surface area (Å²) >= 11 is 1.29. The molecule has 146 valence electrons. The molecule has 4 rings (SSSR count). The average Bonchev–Trinajstić information content (AvgIpc) is 2.94. The van der Waals surface area contributed by atoms with Crippen molar-refractivity contribution in [3.05, 3.63) is 34.7 Å². The molecule has 1 amide bonds. The number of aryl methyl sites for hydroxylation is 3. The minimum absolute atomic E-state index is 0.00232. The molecule has 27 heavy (non-hydrogen) atoms. The van der Waals surface area contributed by atoms with Gasteiger partial charge in [0.1, 0.15) is 9.90 Å². The van der Waals surface area contributed by atoms with E-state index >= 15 is 0 Å². The van der Waals surface area contributed by atoms with Crippen LogP contribution in [0.4, 0.5) is 0 Å². The van der Waals surface area contributed by atoms with E-state index in [1.165, 1.54) is 11.3 Å². The molecule has 1 aliphatic heterocycles. The third-order valence-electron chi connectivity index (χ3n) is 5.84. The van der Waals surface area contributed by atoms with Gasteiger partial charge in [-0.05, 0) is 50.7 Å². The van der Waals surface area contributed by atoms with Gasteiger partial charge in [-0.1, -0.05) is 0 Å². The Hall–Kier alpha value is -1.71. The number of carbonyl (C=O) groups excluding carboxylic acids is 1. The van der Waals surface area contributed by atoms with Crippen molar-refractivity contribution in [2.45, 2.75) is 43.4 Å². The summed E-state index contributed by atoms with van der Waals surface area (Å²) in [6.07, 6.45) is 4.16. The number of rotatable bonds is 4. The molecule has 2 aromatic heterocycles. The van der Waals surface area contributed by atoms with Gasteiger partial charge in [0.25, 0.3) is 5.91 Å². The van der Waals surface area contributed by atoms with Crippen LogP contribution in [0.2, 0.25) is 0 Å². The molecule has 9 heteroatoms. The Bertz CT molecular complexity index is 965. The van der Waals surface area contributed by atoms with Gasteiger partial charge in [0.15, 0.2) is 0 Å². The lowest BCUT2D eigenvalue weighted by Gasteiger charge is -2.33. The number of hydrogen-bond donors (Lipinski definition) is 1. The minimum Gasteiger partial charge on any atom is -0.337 e. The molecule has 1 atom stereocenters. The quantitative estimate of drug-likeness (QED) is 0.839. The second kappa shape index (κ2) is 6.42. The summed E-state index contributed by atoms with van der Waals surface area (Å²) in [5, 5.41) is 0. The number of carbonyl (C=O) groups is 1. The number of nitrogens with zero attached hydrogens (tertiary/aromatic N) is 3. The van der Waals surface area contributed by atoms with E-state index in [9.17, 15) is 13.2 Å². The van der Waals surface area contributed by atoms with Gasteiger partial charge in [0.2, 0.25) is 10.0 Å². The van der Waals surface area contributed by atoms with Crippen molar-refractivity contribution in [2.24, 2.45) is 12.5 Å². The van der Waals surface area contributed by atoms with E-state index in [1.807, 2.05) is 31.9 Å². The standard InChI is InChI=1S/C18H24N4O3S2/c1-12-4-5-15(26-12)27(24,25)20-14-10-18(14)6-8-22(9-7-18)17(23)16-13(2)19-11-21(16)3/h4-5,11,14,20H,6-10H2,1-3H3. The minimum atomic E-state index is -3.45. The summed E-state index contributed by atoms with van der Waals surface area (Å²) in [6.45, 7) is 5.05. The molecule has 0 radical (unpaired) electrons. The molecular weight excluding hydrogens is 384 g/mol. The van der Waals surface area contributed by atoms with Crippen molar-refractivity contribution in [1.82, 2.24) is 19.2 Å². The van der Waals surface area contributed by atoms with E-state index in [1.54, 1.807) is 17.0 Å². The van der Waals surface area contributed by atoms with Crippen molar-refractivity contribution >= 4 is 27.3 Å². The highest BCUT2D eigenvalue weighted by Crippen LogP contribution is 2.54. The number of thiophene rings is 1. The predicted octanol–water partition coefficient (Wildman–Crippen LogP) is 2.07. The van der Waals surface area contributed by atoms with Gasteiger partial charge in [-0.25, -0.2) is 18.1 Å². The topological polar surface area (TPSA) is 84.3 Å². The molecular formula is C18H24N4O3S2. The molecule has 1 saturated carbocycles. The lowest BCUT2D eigenvalue weighted by molar-refractivity contribution is 0.0663. The number of aromatic nitrogens is 2. The number of imidazole rings is 1. The highest BCUT2D eigenvalue weighted by Gasteiger charge is 2.56. The number of piperidine rings is 1. The number of sulfonamides is 1. The van der Waals surface area contributed by atoms with Crippen LogP contribution in [0, 0.1) is 19.3 Å². The second-order valence-corrected chi connectivity index (χ2v) is 10.9. The Morgan fingerprint density at radius 3 is 2.56 bits per heavy atom. The summed E-state index contributed by atoms with van der Waals surface area (Å²) in [5.41, 5.74) is 1.37. The first-order chi connectivity index (χ1) is 12.7. The van der Waals surface area contributed by atoms with Crippen molar-refractivity contribution in [3.63, 3.8) is 0 Å². The molecule has 1 unspecified atom stereocenters. The number of hydrogen-bond acceptors (Lipinski definition) is 5. The molecule has 2 fully saturated rings. The van der Waals surface area contributed by atoms with Crippen LogP contribution in [0.25, 0.3) is 0 Å². The smallest absolute Gasteiger partial charge is 0.272 e. The average molecular weight is 409 g/mol. The van der Waals surface area contributed by atoms with Gasteiger partial charge < -0.3 is 9.47 Å². The number of nitrogens with one attached hydrogen (secondary N) is 1. The fourth-order valence-corrected chi connectivity index (χ4v) is 6.66. The Morgan fingerprint density at radius 2 is 2.00 bits per heavy atom. The zero-order valence-corrected chi connectivity index (χ0v) is 17.4. The molecule has 2 aromatic rings. The number of likely N-dealkylation sites (tertiary alicyclic amines) is 1. The highest BCUT2D eigenvalue weighted by atomic mass is 32.2.